The molecular formula is C14H19N3O. The Balaban J connectivity index is 2.37. The molecule has 0 saturated carbocycles. The predicted molar refractivity (Wildman–Crippen MR) is 70.8 cm³/mol. The van der Waals surface area contributed by atoms with Gasteiger partial charge in [-0.2, -0.15) is 5.10 Å². The van der Waals surface area contributed by atoms with Gasteiger partial charge in [0, 0.05) is 5.69 Å². The number of aromatic nitrogens is 3. The Morgan fingerprint density at radius 1 is 1.28 bits per heavy atom. The summed E-state index contributed by atoms with van der Waals surface area (Å²) < 4.78 is 1.89. The van der Waals surface area contributed by atoms with E-state index in [1.165, 1.54) is 5.56 Å². The van der Waals surface area contributed by atoms with Gasteiger partial charge in [-0.15, -0.1) is 0 Å². The molecule has 2 aromatic rings. The van der Waals surface area contributed by atoms with E-state index in [0.29, 0.717) is 12.1 Å². The van der Waals surface area contributed by atoms with Crippen molar-refractivity contribution in [3.63, 3.8) is 0 Å². The number of pyridine rings is 1. The van der Waals surface area contributed by atoms with Crippen molar-refractivity contribution < 1.29 is 5.11 Å². The summed E-state index contributed by atoms with van der Waals surface area (Å²) in [5, 5.41) is 14.2. The fraction of sp³-hybridized carbons (Fsp3) is 0.429. The number of hydrogen-bond acceptors (Lipinski definition) is 3. The molecule has 1 atom stereocenters. The highest BCUT2D eigenvalue weighted by Crippen LogP contribution is 2.18. The van der Waals surface area contributed by atoms with Crippen molar-refractivity contribution >= 4 is 0 Å². The SMILES string of the molecule is CCC(O)c1ccc(-n2nc(C)c(C)c2C)cn1. The lowest BCUT2D eigenvalue weighted by Gasteiger charge is -2.09. The van der Waals surface area contributed by atoms with Crippen LogP contribution < -0.4 is 0 Å². The lowest BCUT2D eigenvalue weighted by molar-refractivity contribution is 0.169. The zero-order valence-electron chi connectivity index (χ0n) is 11.3. The number of rotatable bonds is 3. The van der Waals surface area contributed by atoms with Crippen LogP contribution in [-0.2, 0) is 0 Å². The second-order valence-corrected chi connectivity index (χ2v) is 4.57. The zero-order valence-corrected chi connectivity index (χ0v) is 11.3. The fourth-order valence-electron chi connectivity index (χ4n) is 1.90. The minimum Gasteiger partial charge on any atom is -0.387 e. The van der Waals surface area contributed by atoms with Gasteiger partial charge in [0.05, 0.1) is 29.4 Å². The average molecular weight is 245 g/mol. The van der Waals surface area contributed by atoms with Crippen molar-refractivity contribution in [1.82, 2.24) is 14.8 Å². The number of aliphatic hydroxyl groups is 1. The molecule has 2 rings (SSSR count). The Bertz CT molecular complexity index is 543. The zero-order chi connectivity index (χ0) is 13.3. The van der Waals surface area contributed by atoms with Crippen LogP contribution in [0.3, 0.4) is 0 Å². The summed E-state index contributed by atoms with van der Waals surface area (Å²) in [5.41, 5.74) is 4.99. The molecule has 0 radical (unpaired) electrons. The van der Waals surface area contributed by atoms with Gasteiger partial charge in [0.15, 0.2) is 0 Å². The number of nitrogens with zero attached hydrogens (tertiary/aromatic N) is 3. The van der Waals surface area contributed by atoms with Gasteiger partial charge in [-0.3, -0.25) is 4.98 Å². The lowest BCUT2D eigenvalue weighted by atomic mass is 10.2. The van der Waals surface area contributed by atoms with E-state index in [0.717, 1.165) is 17.1 Å². The second-order valence-electron chi connectivity index (χ2n) is 4.57. The van der Waals surface area contributed by atoms with Gasteiger partial charge >= 0.3 is 0 Å². The lowest BCUT2D eigenvalue weighted by Crippen LogP contribution is -2.03. The smallest absolute Gasteiger partial charge is 0.0957 e. The standard InChI is InChI=1S/C14H19N3O/c1-5-14(18)13-7-6-12(8-15-13)17-11(4)9(2)10(3)16-17/h6-8,14,18H,5H2,1-4H3. The van der Waals surface area contributed by atoms with Crippen LogP contribution in [0.1, 0.15) is 42.1 Å². The van der Waals surface area contributed by atoms with E-state index in [9.17, 15) is 5.11 Å². The molecule has 18 heavy (non-hydrogen) atoms. The van der Waals surface area contributed by atoms with Crippen molar-refractivity contribution in [3.05, 3.63) is 41.0 Å². The Hall–Kier alpha value is -1.68. The highest BCUT2D eigenvalue weighted by Gasteiger charge is 2.10. The summed E-state index contributed by atoms with van der Waals surface area (Å²) in [6.45, 7) is 8.05. The van der Waals surface area contributed by atoms with Gasteiger partial charge in [0.25, 0.3) is 0 Å². The molecule has 0 aliphatic carbocycles. The normalized spacial score (nSPS) is 12.7. The monoisotopic (exact) mass is 245 g/mol. The Morgan fingerprint density at radius 2 is 2.00 bits per heavy atom. The van der Waals surface area contributed by atoms with Crippen LogP contribution in [0.15, 0.2) is 18.3 Å². The Labute approximate surface area is 107 Å². The first-order chi connectivity index (χ1) is 8.54. The van der Waals surface area contributed by atoms with Gasteiger partial charge < -0.3 is 5.11 Å². The van der Waals surface area contributed by atoms with Crippen molar-refractivity contribution in [1.29, 1.82) is 0 Å². The molecule has 0 bridgehead atoms. The van der Waals surface area contributed by atoms with E-state index in [2.05, 4.69) is 17.0 Å². The van der Waals surface area contributed by atoms with Crippen LogP contribution in [0, 0.1) is 20.8 Å². The molecule has 0 saturated heterocycles. The van der Waals surface area contributed by atoms with Crippen molar-refractivity contribution in [2.45, 2.75) is 40.2 Å². The molecule has 1 N–H and O–H groups in total. The molecule has 4 heteroatoms. The molecule has 0 spiro atoms. The number of aliphatic hydroxyl groups excluding tert-OH is 1. The molecular weight excluding hydrogens is 226 g/mol. The van der Waals surface area contributed by atoms with Gasteiger partial charge in [-0.25, -0.2) is 4.68 Å². The molecule has 1 unspecified atom stereocenters. The molecule has 96 valence electrons. The summed E-state index contributed by atoms with van der Waals surface area (Å²) in [6.07, 6.45) is 1.94. The van der Waals surface area contributed by atoms with E-state index in [1.54, 1.807) is 6.20 Å². The van der Waals surface area contributed by atoms with Crippen LogP contribution in [0.5, 0.6) is 0 Å². The predicted octanol–water partition coefficient (Wildman–Crippen LogP) is 2.64. The number of aryl methyl sites for hydroxylation is 1. The maximum Gasteiger partial charge on any atom is 0.0957 e. The quantitative estimate of drug-likeness (QED) is 0.904. The van der Waals surface area contributed by atoms with Crippen LogP contribution in [0.25, 0.3) is 5.69 Å². The topological polar surface area (TPSA) is 50.9 Å². The summed E-state index contributed by atoms with van der Waals surface area (Å²) in [5.74, 6) is 0. The van der Waals surface area contributed by atoms with E-state index < -0.39 is 6.10 Å². The molecule has 0 aliphatic rings. The van der Waals surface area contributed by atoms with E-state index in [4.69, 9.17) is 0 Å². The largest absolute Gasteiger partial charge is 0.387 e. The average Bonchev–Trinajstić information content (AvgIpc) is 2.66. The van der Waals surface area contributed by atoms with Gasteiger partial charge in [-0.1, -0.05) is 6.92 Å². The third-order valence-corrected chi connectivity index (χ3v) is 3.40. The second kappa shape index (κ2) is 4.90. The number of hydrogen-bond donors (Lipinski definition) is 1. The van der Waals surface area contributed by atoms with E-state index >= 15 is 0 Å². The molecule has 0 amide bonds. The molecule has 0 fully saturated rings. The van der Waals surface area contributed by atoms with Crippen LogP contribution >= 0.6 is 0 Å². The van der Waals surface area contributed by atoms with E-state index in [-0.39, 0.29) is 0 Å². The molecule has 0 aromatic carbocycles. The van der Waals surface area contributed by atoms with E-state index in [1.807, 2.05) is 37.6 Å². The van der Waals surface area contributed by atoms with Crippen molar-refractivity contribution in [2.75, 3.05) is 0 Å². The first-order valence-corrected chi connectivity index (χ1v) is 6.21. The third kappa shape index (κ3) is 2.16. The van der Waals surface area contributed by atoms with Crippen molar-refractivity contribution in [3.8, 4) is 5.69 Å². The Kier molecular flexibility index (Phi) is 3.48. The molecule has 0 aliphatic heterocycles. The summed E-state index contributed by atoms with van der Waals surface area (Å²) >= 11 is 0. The highest BCUT2D eigenvalue weighted by atomic mass is 16.3. The first kappa shape index (κ1) is 12.8. The van der Waals surface area contributed by atoms with Gasteiger partial charge in [0.2, 0.25) is 0 Å². The van der Waals surface area contributed by atoms with Gasteiger partial charge in [0.1, 0.15) is 0 Å². The maximum absolute atomic E-state index is 9.71. The van der Waals surface area contributed by atoms with Crippen molar-refractivity contribution in [2.24, 2.45) is 0 Å². The van der Waals surface area contributed by atoms with Crippen LogP contribution in [0.2, 0.25) is 0 Å². The van der Waals surface area contributed by atoms with Gasteiger partial charge in [-0.05, 0) is 44.9 Å². The summed E-state index contributed by atoms with van der Waals surface area (Å²) in [7, 11) is 0. The maximum atomic E-state index is 9.71. The molecule has 4 nitrogen and oxygen atoms in total. The highest BCUT2D eigenvalue weighted by molar-refractivity contribution is 5.35. The fourth-order valence-corrected chi connectivity index (χ4v) is 1.90. The van der Waals surface area contributed by atoms with Crippen LogP contribution in [-0.4, -0.2) is 19.9 Å². The molecule has 2 aromatic heterocycles. The Morgan fingerprint density at radius 3 is 2.44 bits per heavy atom. The summed E-state index contributed by atoms with van der Waals surface area (Å²) in [6, 6.07) is 3.80. The minimum absolute atomic E-state index is 0.485. The van der Waals surface area contributed by atoms with Crippen LogP contribution in [0.4, 0.5) is 0 Å². The molecule has 2 heterocycles. The third-order valence-electron chi connectivity index (χ3n) is 3.40. The summed E-state index contributed by atoms with van der Waals surface area (Å²) in [4.78, 5) is 4.30. The minimum atomic E-state index is -0.485. The first-order valence-electron chi connectivity index (χ1n) is 6.21.